The molecular weight excluding hydrogens is 395 g/mol. The molecule has 7 heteroatoms. The van der Waals surface area contributed by atoms with E-state index in [-0.39, 0.29) is 17.7 Å². The Balaban J connectivity index is 1.59. The molecule has 2 aromatic rings. The Bertz CT molecular complexity index is 833. The van der Waals surface area contributed by atoms with Crippen LogP contribution >= 0.6 is 34.8 Å². The van der Waals surface area contributed by atoms with E-state index in [1.807, 2.05) is 12.1 Å². The second-order valence-corrected chi connectivity index (χ2v) is 7.41. The molecule has 1 fully saturated rings. The number of hydrogen-bond donors (Lipinski definition) is 1. The van der Waals surface area contributed by atoms with Crippen molar-refractivity contribution in [1.82, 2.24) is 4.90 Å². The lowest BCUT2D eigenvalue weighted by Gasteiger charge is -2.31. The average Bonchev–Trinajstić information content (AvgIpc) is 2.63. The Morgan fingerprint density at radius 3 is 2.31 bits per heavy atom. The first-order valence-corrected chi connectivity index (χ1v) is 9.39. The highest BCUT2D eigenvalue weighted by molar-refractivity contribution is 6.36. The number of amides is 2. The summed E-state index contributed by atoms with van der Waals surface area (Å²) < 4.78 is 0. The molecule has 0 aliphatic carbocycles. The van der Waals surface area contributed by atoms with E-state index in [2.05, 4.69) is 5.32 Å². The first-order valence-electron chi connectivity index (χ1n) is 8.25. The van der Waals surface area contributed by atoms with Crippen LogP contribution < -0.4 is 5.32 Å². The molecule has 0 saturated carbocycles. The number of nitrogens with one attached hydrogen (secondary N) is 1. The lowest BCUT2D eigenvalue weighted by molar-refractivity contribution is -0.121. The van der Waals surface area contributed by atoms with E-state index < -0.39 is 0 Å². The molecule has 1 heterocycles. The van der Waals surface area contributed by atoms with E-state index in [0.29, 0.717) is 52.2 Å². The number of hydrogen-bond acceptors (Lipinski definition) is 2. The van der Waals surface area contributed by atoms with Crippen LogP contribution in [0.5, 0.6) is 0 Å². The number of benzene rings is 2. The quantitative estimate of drug-likeness (QED) is 0.760. The molecule has 136 valence electrons. The molecular formula is C19H17Cl3N2O2. The van der Waals surface area contributed by atoms with Gasteiger partial charge in [0.25, 0.3) is 5.91 Å². The van der Waals surface area contributed by atoms with Crippen LogP contribution in [0.1, 0.15) is 23.2 Å². The third kappa shape index (κ3) is 4.32. The van der Waals surface area contributed by atoms with Crippen molar-refractivity contribution in [3.8, 4) is 0 Å². The maximum Gasteiger partial charge on any atom is 0.255 e. The summed E-state index contributed by atoms with van der Waals surface area (Å²) in [5, 5.41) is 4.19. The highest BCUT2D eigenvalue weighted by Crippen LogP contribution is 2.26. The summed E-state index contributed by atoms with van der Waals surface area (Å²) in [6, 6.07) is 12.0. The zero-order valence-electron chi connectivity index (χ0n) is 13.8. The summed E-state index contributed by atoms with van der Waals surface area (Å²) in [6.45, 7) is 0.997. The van der Waals surface area contributed by atoms with Gasteiger partial charge in [0.2, 0.25) is 5.91 Å². The molecule has 0 bridgehead atoms. The van der Waals surface area contributed by atoms with Gasteiger partial charge in [-0.3, -0.25) is 9.59 Å². The van der Waals surface area contributed by atoms with E-state index >= 15 is 0 Å². The van der Waals surface area contributed by atoms with Crippen LogP contribution in [0.2, 0.25) is 15.1 Å². The summed E-state index contributed by atoms with van der Waals surface area (Å²) in [5.41, 5.74) is 1.03. The summed E-state index contributed by atoms with van der Waals surface area (Å²) >= 11 is 18.1. The molecule has 0 radical (unpaired) electrons. The van der Waals surface area contributed by atoms with Gasteiger partial charge in [-0.15, -0.1) is 0 Å². The van der Waals surface area contributed by atoms with E-state index in [4.69, 9.17) is 34.8 Å². The van der Waals surface area contributed by atoms with Gasteiger partial charge < -0.3 is 10.2 Å². The lowest BCUT2D eigenvalue weighted by Crippen LogP contribution is -2.41. The molecule has 26 heavy (non-hydrogen) atoms. The molecule has 0 aromatic heterocycles. The van der Waals surface area contributed by atoms with Gasteiger partial charge in [0.05, 0.1) is 21.3 Å². The number of nitrogens with zero attached hydrogens (tertiary/aromatic N) is 1. The predicted molar refractivity (Wildman–Crippen MR) is 105 cm³/mol. The van der Waals surface area contributed by atoms with Crippen molar-refractivity contribution in [2.75, 3.05) is 18.4 Å². The normalized spacial score (nSPS) is 15.0. The molecule has 1 aliphatic rings. The van der Waals surface area contributed by atoms with E-state index in [0.717, 1.165) is 0 Å². The van der Waals surface area contributed by atoms with Gasteiger partial charge in [0.15, 0.2) is 0 Å². The summed E-state index contributed by atoms with van der Waals surface area (Å²) in [6.07, 6.45) is 1.18. The number of carbonyl (C=O) groups is 2. The van der Waals surface area contributed by atoms with Crippen molar-refractivity contribution in [2.24, 2.45) is 5.92 Å². The minimum Gasteiger partial charge on any atom is -0.339 e. The van der Waals surface area contributed by atoms with E-state index in [1.165, 1.54) is 0 Å². The minimum absolute atomic E-state index is 0.0743. The first-order chi connectivity index (χ1) is 12.5. The second kappa shape index (κ2) is 8.30. The van der Waals surface area contributed by atoms with Gasteiger partial charge in [-0.1, -0.05) is 46.9 Å². The number of likely N-dealkylation sites (tertiary alicyclic amines) is 1. The van der Waals surface area contributed by atoms with Crippen LogP contribution in [-0.4, -0.2) is 29.8 Å². The molecule has 3 rings (SSSR count). The maximum atomic E-state index is 12.6. The Hall–Kier alpha value is -1.75. The SMILES string of the molecule is O=C(Nc1ccccc1Cl)C1CCN(C(=O)c2ccc(Cl)cc2Cl)CC1. The number of piperidine rings is 1. The van der Waals surface area contributed by atoms with Crippen LogP contribution in [-0.2, 0) is 4.79 Å². The molecule has 4 nitrogen and oxygen atoms in total. The highest BCUT2D eigenvalue weighted by Gasteiger charge is 2.28. The van der Waals surface area contributed by atoms with Crippen LogP contribution in [0.4, 0.5) is 5.69 Å². The molecule has 1 N–H and O–H groups in total. The molecule has 0 unspecified atom stereocenters. The maximum absolute atomic E-state index is 12.6. The third-order valence-corrected chi connectivity index (χ3v) is 5.32. The zero-order valence-corrected chi connectivity index (χ0v) is 16.1. The lowest BCUT2D eigenvalue weighted by atomic mass is 9.95. The third-order valence-electron chi connectivity index (χ3n) is 4.45. The number of carbonyl (C=O) groups excluding carboxylic acids is 2. The predicted octanol–water partition coefficient (Wildman–Crippen LogP) is 5.14. The van der Waals surface area contributed by atoms with Gasteiger partial charge in [-0.2, -0.15) is 0 Å². The number of anilines is 1. The summed E-state index contributed by atoms with van der Waals surface area (Å²) in [5.74, 6) is -0.373. The molecule has 0 atom stereocenters. The molecule has 2 amide bonds. The Labute approximate surface area is 167 Å². The molecule has 1 aliphatic heterocycles. The first kappa shape index (κ1) is 19.0. The van der Waals surface area contributed by atoms with Crippen molar-refractivity contribution in [2.45, 2.75) is 12.8 Å². The average molecular weight is 412 g/mol. The fraction of sp³-hybridized carbons (Fsp3) is 0.263. The van der Waals surface area contributed by atoms with Crippen LogP contribution in [0.3, 0.4) is 0 Å². The summed E-state index contributed by atoms with van der Waals surface area (Å²) in [7, 11) is 0. The second-order valence-electron chi connectivity index (χ2n) is 6.16. The van der Waals surface area contributed by atoms with Gasteiger partial charge in [0, 0.05) is 24.0 Å². The van der Waals surface area contributed by atoms with Gasteiger partial charge in [0.1, 0.15) is 0 Å². The zero-order chi connectivity index (χ0) is 18.7. The fourth-order valence-electron chi connectivity index (χ4n) is 2.98. The highest BCUT2D eigenvalue weighted by atomic mass is 35.5. The summed E-state index contributed by atoms with van der Waals surface area (Å²) in [4.78, 5) is 26.8. The van der Waals surface area contributed by atoms with Gasteiger partial charge in [-0.25, -0.2) is 0 Å². The minimum atomic E-state index is -0.156. The van der Waals surface area contributed by atoms with Crippen molar-refractivity contribution < 1.29 is 9.59 Å². The standard InChI is InChI=1S/C19H17Cl3N2O2/c20-13-5-6-14(16(22)11-13)19(26)24-9-7-12(8-10-24)18(25)23-17-4-2-1-3-15(17)21/h1-6,11-12H,7-10H2,(H,23,25). The van der Waals surface area contributed by atoms with Crippen LogP contribution in [0.25, 0.3) is 0 Å². The number of halogens is 3. The Morgan fingerprint density at radius 1 is 0.962 bits per heavy atom. The largest absolute Gasteiger partial charge is 0.339 e. The molecule has 0 spiro atoms. The smallest absolute Gasteiger partial charge is 0.255 e. The van der Waals surface area contributed by atoms with Crippen molar-refractivity contribution >= 4 is 52.3 Å². The Morgan fingerprint density at radius 2 is 1.65 bits per heavy atom. The van der Waals surface area contributed by atoms with E-state index in [1.54, 1.807) is 35.2 Å². The number of para-hydroxylation sites is 1. The Kier molecular flexibility index (Phi) is 6.07. The monoisotopic (exact) mass is 410 g/mol. The van der Waals surface area contributed by atoms with Crippen molar-refractivity contribution in [3.63, 3.8) is 0 Å². The molecule has 1 saturated heterocycles. The van der Waals surface area contributed by atoms with Crippen LogP contribution in [0, 0.1) is 5.92 Å². The van der Waals surface area contributed by atoms with Gasteiger partial charge in [-0.05, 0) is 43.2 Å². The van der Waals surface area contributed by atoms with Gasteiger partial charge >= 0.3 is 0 Å². The van der Waals surface area contributed by atoms with Crippen molar-refractivity contribution in [3.05, 3.63) is 63.1 Å². The fourth-order valence-corrected chi connectivity index (χ4v) is 3.65. The van der Waals surface area contributed by atoms with E-state index in [9.17, 15) is 9.59 Å². The number of rotatable bonds is 3. The van der Waals surface area contributed by atoms with Crippen molar-refractivity contribution in [1.29, 1.82) is 0 Å². The topological polar surface area (TPSA) is 49.4 Å². The van der Waals surface area contributed by atoms with Crippen LogP contribution in [0.15, 0.2) is 42.5 Å². The molecule has 2 aromatic carbocycles.